The third-order valence-corrected chi connectivity index (χ3v) is 8.50. The molecule has 3 rings (SSSR count). The number of carbonyl (C=O) groups is 1. The van der Waals surface area contributed by atoms with Crippen LogP contribution in [0.25, 0.3) is 0 Å². The van der Waals surface area contributed by atoms with Crippen LogP contribution in [0.3, 0.4) is 0 Å². The van der Waals surface area contributed by atoms with Gasteiger partial charge in [0.15, 0.2) is 5.16 Å². The van der Waals surface area contributed by atoms with Gasteiger partial charge in [-0.2, -0.15) is 0 Å². The highest BCUT2D eigenvalue weighted by Gasteiger charge is 2.24. The van der Waals surface area contributed by atoms with Crippen molar-refractivity contribution in [1.82, 2.24) is 9.97 Å². The van der Waals surface area contributed by atoms with Gasteiger partial charge in [0.2, 0.25) is 15.7 Å². The molecule has 0 fully saturated rings. The molecule has 1 aromatic carbocycles. The highest BCUT2D eigenvalue weighted by atomic mass is 35.5. The Morgan fingerprint density at radius 3 is 2.69 bits per heavy atom. The van der Waals surface area contributed by atoms with Crippen LogP contribution in [-0.4, -0.2) is 30.0 Å². The van der Waals surface area contributed by atoms with Gasteiger partial charge in [-0.25, -0.2) is 18.4 Å². The predicted molar refractivity (Wildman–Crippen MR) is 117 cm³/mol. The summed E-state index contributed by atoms with van der Waals surface area (Å²) in [5.74, 6) is -0.469. The van der Waals surface area contributed by atoms with E-state index in [9.17, 15) is 13.2 Å². The summed E-state index contributed by atoms with van der Waals surface area (Å²) in [6.45, 7) is 1.80. The minimum absolute atomic E-state index is 0.0119. The van der Waals surface area contributed by atoms with Crippen LogP contribution in [0.4, 0.5) is 11.5 Å². The quantitative estimate of drug-likeness (QED) is 0.392. The van der Waals surface area contributed by atoms with E-state index in [-0.39, 0.29) is 31.7 Å². The second-order valence-electron chi connectivity index (χ2n) is 5.71. The van der Waals surface area contributed by atoms with Gasteiger partial charge >= 0.3 is 0 Å². The highest BCUT2D eigenvalue weighted by molar-refractivity contribution is 7.99. The zero-order valence-electron chi connectivity index (χ0n) is 14.8. The third kappa shape index (κ3) is 5.01. The summed E-state index contributed by atoms with van der Waals surface area (Å²) >= 11 is 13.8. The monoisotopic (exact) mass is 488 g/mol. The maximum absolute atomic E-state index is 12.6. The number of nitrogens with one attached hydrogen (secondary N) is 1. The van der Waals surface area contributed by atoms with E-state index in [1.54, 1.807) is 25.1 Å². The van der Waals surface area contributed by atoms with Crippen LogP contribution in [0.15, 0.2) is 50.8 Å². The average molecular weight is 489 g/mol. The number of halogens is 2. The lowest BCUT2D eigenvalue weighted by molar-refractivity contribution is -0.113. The molecule has 12 heteroatoms. The second kappa shape index (κ2) is 8.88. The number of thioether (sulfide) groups is 1. The van der Waals surface area contributed by atoms with Crippen molar-refractivity contribution >= 4 is 73.6 Å². The molecule has 0 radical (unpaired) electrons. The molecule has 2 aromatic heterocycles. The molecule has 0 spiro atoms. The van der Waals surface area contributed by atoms with Crippen molar-refractivity contribution in [3.8, 4) is 0 Å². The fraction of sp³-hybridized carbons (Fsp3) is 0.118. The number of carbonyl (C=O) groups excluding carboxylic acids is 1. The van der Waals surface area contributed by atoms with Crippen LogP contribution in [0, 0.1) is 6.92 Å². The lowest BCUT2D eigenvalue weighted by Gasteiger charge is -2.09. The van der Waals surface area contributed by atoms with Gasteiger partial charge in [-0.15, -0.1) is 11.3 Å². The van der Waals surface area contributed by atoms with Gasteiger partial charge in [0.1, 0.15) is 14.9 Å². The number of hydrogen-bond acceptors (Lipinski definition) is 8. The Morgan fingerprint density at radius 1 is 1.28 bits per heavy atom. The zero-order chi connectivity index (χ0) is 21.2. The molecule has 3 N–H and O–H groups in total. The molecule has 0 unspecified atom stereocenters. The van der Waals surface area contributed by atoms with Crippen molar-refractivity contribution in [3.05, 3.63) is 51.5 Å². The molecule has 0 aliphatic heterocycles. The molecule has 0 aliphatic rings. The number of anilines is 2. The van der Waals surface area contributed by atoms with Crippen LogP contribution in [-0.2, 0) is 14.6 Å². The molecule has 2 heterocycles. The number of nitrogen functional groups attached to an aromatic ring is 1. The number of thiophene rings is 1. The minimum atomic E-state index is -3.86. The summed E-state index contributed by atoms with van der Waals surface area (Å²) in [4.78, 5) is 20.0. The van der Waals surface area contributed by atoms with E-state index in [0.717, 1.165) is 34.9 Å². The average Bonchev–Trinajstić information content (AvgIpc) is 3.11. The molecule has 0 aliphatic carbocycles. The standard InChI is InChI=1S/C17H14Cl2N4O3S3/c1-9-10(18)3-2-4-11(9)22-14(24)8-27-17-21-7-12(16(20)23-17)29(25,26)15-6-5-13(19)28-15/h2-7H,8H2,1H3,(H,22,24)(H2,20,21,23). The Morgan fingerprint density at radius 2 is 2.03 bits per heavy atom. The number of benzene rings is 1. The summed E-state index contributed by atoms with van der Waals surface area (Å²) in [6.07, 6.45) is 1.13. The number of amides is 1. The van der Waals surface area contributed by atoms with Gasteiger partial charge in [-0.1, -0.05) is 41.0 Å². The molecule has 3 aromatic rings. The van der Waals surface area contributed by atoms with E-state index in [0.29, 0.717) is 15.0 Å². The van der Waals surface area contributed by atoms with E-state index in [1.165, 1.54) is 12.1 Å². The van der Waals surface area contributed by atoms with Crippen molar-refractivity contribution in [1.29, 1.82) is 0 Å². The summed E-state index contributed by atoms with van der Waals surface area (Å²) < 4.78 is 25.6. The summed E-state index contributed by atoms with van der Waals surface area (Å²) in [6, 6.07) is 8.10. The van der Waals surface area contributed by atoms with Crippen LogP contribution in [0.1, 0.15) is 5.56 Å². The topological polar surface area (TPSA) is 115 Å². The van der Waals surface area contributed by atoms with Crippen LogP contribution < -0.4 is 11.1 Å². The molecule has 0 atom stereocenters. The second-order valence-corrected chi connectivity index (χ2v) is 10.9. The molecule has 1 amide bonds. The largest absolute Gasteiger partial charge is 0.382 e. The third-order valence-electron chi connectivity index (χ3n) is 3.74. The molecule has 0 saturated carbocycles. The first-order chi connectivity index (χ1) is 13.7. The molecule has 0 saturated heterocycles. The first-order valence-electron chi connectivity index (χ1n) is 7.99. The molecular formula is C17H14Cl2N4O3S3. The Hall–Kier alpha value is -1.85. The summed E-state index contributed by atoms with van der Waals surface area (Å²) in [5.41, 5.74) is 7.20. The van der Waals surface area contributed by atoms with Crippen molar-refractivity contribution < 1.29 is 13.2 Å². The van der Waals surface area contributed by atoms with Gasteiger partial charge in [-0.05, 0) is 36.8 Å². The molecule has 7 nitrogen and oxygen atoms in total. The van der Waals surface area contributed by atoms with Crippen LogP contribution in [0.5, 0.6) is 0 Å². The molecule has 0 bridgehead atoms. The highest BCUT2D eigenvalue weighted by Crippen LogP contribution is 2.32. The van der Waals surface area contributed by atoms with Crippen LogP contribution >= 0.6 is 46.3 Å². The Bertz CT molecular complexity index is 1180. The summed E-state index contributed by atoms with van der Waals surface area (Å²) in [5, 5.41) is 3.49. The lowest BCUT2D eigenvalue weighted by atomic mass is 10.2. The lowest BCUT2D eigenvalue weighted by Crippen LogP contribution is -2.15. The van der Waals surface area contributed by atoms with E-state index >= 15 is 0 Å². The Balaban J connectivity index is 1.69. The number of aromatic nitrogens is 2. The maximum atomic E-state index is 12.6. The van der Waals surface area contributed by atoms with Gasteiger partial charge < -0.3 is 11.1 Å². The Kier molecular flexibility index (Phi) is 6.69. The van der Waals surface area contributed by atoms with E-state index in [2.05, 4.69) is 15.3 Å². The zero-order valence-corrected chi connectivity index (χ0v) is 18.8. The van der Waals surface area contributed by atoms with Crippen molar-refractivity contribution in [3.63, 3.8) is 0 Å². The minimum Gasteiger partial charge on any atom is -0.382 e. The first kappa shape index (κ1) is 21.8. The van der Waals surface area contributed by atoms with Crippen molar-refractivity contribution in [2.24, 2.45) is 0 Å². The molecule has 29 heavy (non-hydrogen) atoms. The van der Waals surface area contributed by atoms with Gasteiger partial charge in [0, 0.05) is 10.7 Å². The fourth-order valence-electron chi connectivity index (χ4n) is 2.25. The van der Waals surface area contributed by atoms with E-state index in [4.69, 9.17) is 28.9 Å². The number of rotatable bonds is 6. The summed E-state index contributed by atoms with van der Waals surface area (Å²) in [7, 11) is -3.86. The fourth-order valence-corrected chi connectivity index (χ4v) is 5.92. The van der Waals surface area contributed by atoms with Gasteiger partial charge in [-0.3, -0.25) is 4.79 Å². The maximum Gasteiger partial charge on any atom is 0.234 e. The number of sulfone groups is 1. The SMILES string of the molecule is Cc1c(Cl)cccc1NC(=O)CSc1ncc(S(=O)(=O)c2ccc(Cl)s2)c(N)n1. The normalized spacial score (nSPS) is 11.4. The van der Waals surface area contributed by atoms with E-state index in [1.807, 2.05) is 0 Å². The molecule has 152 valence electrons. The molecular weight excluding hydrogens is 475 g/mol. The van der Waals surface area contributed by atoms with Gasteiger partial charge in [0.05, 0.1) is 16.3 Å². The van der Waals surface area contributed by atoms with Gasteiger partial charge in [0.25, 0.3) is 0 Å². The number of hydrogen-bond donors (Lipinski definition) is 2. The van der Waals surface area contributed by atoms with E-state index < -0.39 is 9.84 Å². The van der Waals surface area contributed by atoms with Crippen molar-refractivity contribution in [2.45, 2.75) is 21.2 Å². The smallest absolute Gasteiger partial charge is 0.234 e. The van der Waals surface area contributed by atoms with Crippen molar-refractivity contribution in [2.75, 3.05) is 16.8 Å². The van der Waals surface area contributed by atoms with Crippen LogP contribution in [0.2, 0.25) is 9.36 Å². The number of nitrogens with two attached hydrogens (primary N) is 1. The first-order valence-corrected chi connectivity index (χ1v) is 12.0. The Labute approximate surface area is 185 Å². The number of nitrogens with zero attached hydrogens (tertiary/aromatic N) is 2. The predicted octanol–water partition coefficient (Wildman–Crippen LogP) is 4.30.